The lowest BCUT2D eigenvalue weighted by Gasteiger charge is -2.33. The fourth-order valence-corrected chi connectivity index (χ4v) is 4.60. The molecule has 0 bridgehead atoms. The summed E-state index contributed by atoms with van der Waals surface area (Å²) in [7, 11) is 0. The van der Waals surface area contributed by atoms with Crippen molar-refractivity contribution >= 4 is 39.0 Å². The largest absolute Gasteiger partial charge is 0.454 e. The van der Waals surface area contributed by atoms with Crippen molar-refractivity contribution in [3.63, 3.8) is 0 Å². The van der Waals surface area contributed by atoms with Gasteiger partial charge in [0.05, 0.1) is 17.1 Å². The minimum Gasteiger partial charge on any atom is -0.454 e. The molecule has 4 aromatic rings. The average molecular weight is 356 g/mol. The molecule has 2 heterocycles. The number of aryl methyl sites for hydroxylation is 1. The summed E-state index contributed by atoms with van der Waals surface area (Å²) in [6.07, 6.45) is 0.222. The van der Waals surface area contributed by atoms with E-state index < -0.39 is 0 Å². The molecule has 0 radical (unpaired) electrons. The molecule has 3 aromatic carbocycles. The zero-order valence-electron chi connectivity index (χ0n) is 16.2. The minimum atomic E-state index is 0.222. The Labute approximate surface area is 159 Å². The number of rotatable bonds is 2. The van der Waals surface area contributed by atoms with Gasteiger partial charge in [-0.15, -0.1) is 0 Å². The highest BCUT2D eigenvalue weighted by Crippen LogP contribution is 2.48. The summed E-state index contributed by atoms with van der Waals surface area (Å²) < 4.78 is 6.38. The normalized spacial score (nSPS) is 16.7. The lowest BCUT2D eigenvalue weighted by molar-refractivity contribution is 0.603. The third-order valence-electron chi connectivity index (χ3n) is 5.72. The van der Waals surface area contributed by atoms with Crippen molar-refractivity contribution in [1.29, 1.82) is 0 Å². The van der Waals surface area contributed by atoms with E-state index >= 15 is 0 Å². The molecule has 0 saturated carbocycles. The average Bonchev–Trinajstić information content (AvgIpc) is 3.17. The maximum Gasteiger partial charge on any atom is 0.159 e. The van der Waals surface area contributed by atoms with E-state index in [1.165, 1.54) is 33.4 Å². The number of hydrogen-bond donors (Lipinski definition) is 0. The van der Waals surface area contributed by atoms with Gasteiger partial charge in [0.25, 0.3) is 0 Å². The highest BCUT2D eigenvalue weighted by atomic mass is 16.3. The topological polar surface area (TPSA) is 19.6 Å². The third-order valence-corrected chi connectivity index (χ3v) is 5.72. The fraction of sp³-hybridized carbons (Fsp3) is 0.250. The van der Waals surface area contributed by atoms with Crippen molar-refractivity contribution in [3.8, 4) is 0 Å². The molecule has 1 aliphatic heterocycles. The summed E-state index contributed by atoms with van der Waals surface area (Å²) in [6.45, 7) is 8.97. The molecule has 5 rings (SSSR count). The summed E-state index contributed by atoms with van der Waals surface area (Å²) in [4.78, 5) is 4.92. The summed E-state index contributed by atoms with van der Waals surface area (Å²) in [5.74, 6) is 0. The molecule has 0 aliphatic carbocycles. The molecule has 136 valence electrons. The summed E-state index contributed by atoms with van der Waals surface area (Å²) in [5, 5.41) is 2.36. The van der Waals surface area contributed by atoms with Crippen molar-refractivity contribution in [2.24, 2.45) is 0 Å². The lowest BCUT2D eigenvalue weighted by Crippen LogP contribution is -2.42. The van der Waals surface area contributed by atoms with Crippen molar-refractivity contribution in [3.05, 3.63) is 66.2 Å². The van der Waals surface area contributed by atoms with Crippen LogP contribution in [0.3, 0.4) is 0 Å². The van der Waals surface area contributed by atoms with Gasteiger partial charge < -0.3 is 14.2 Å². The number of benzene rings is 3. The molecule has 0 saturated heterocycles. The Hall–Kier alpha value is -2.94. The Balaban J connectivity index is 1.82. The molecule has 0 N–H and O–H groups in total. The Bertz CT molecular complexity index is 1160. The summed E-state index contributed by atoms with van der Waals surface area (Å²) in [6, 6.07) is 21.8. The smallest absolute Gasteiger partial charge is 0.159 e. The van der Waals surface area contributed by atoms with E-state index in [2.05, 4.69) is 92.1 Å². The number of furan rings is 1. The van der Waals surface area contributed by atoms with Crippen LogP contribution < -0.4 is 9.80 Å². The van der Waals surface area contributed by atoms with Crippen LogP contribution >= 0.6 is 0 Å². The molecule has 3 nitrogen and oxygen atoms in total. The van der Waals surface area contributed by atoms with Gasteiger partial charge in [-0.2, -0.15) is 0 Å². The van der Waals surface area contributed by atoms with Gasteiger partial charge >= 0.3 is 0 Å². The van der Waals surface area contributed by atoms with Gasteiger partial charge in [0.15, 0.2) is 5.58 Å². The van der Waals surface area contributed by atoms with Crippen molar-refractivity contribution in [2.45, 2.75) is 39.9 Å². The highest BCUT2D eigenvalue weighted by molar-refractivity contribution is 6.10. The van der Waals surface area contributed by atoms with Crippen molar-refractivity contribution in [2.75, 3.05) is 9.80 Å². The molecule has 1 aromatic heterocycles. The molecule has 0 spiro atoms. The first-order valence-electron chi connectivity index (χ1n) is 9.65. The summed E-state index contributed by atoms with van der Waals surface area (Å²) >= 11 is 0. The number of fused-ring (bicyclic) bond motifs is 4. The lowest BCUT2D eigenvalue weighted by atomic mass is 10.1. The Morgan fingerprint density at radius 1 is 0.852 bits per heavy atom. The summed E-state index contributed by atoms with van der Waals surface area (Å²) in [5.41, 5.74) is 6.85. The first kappa shape index (κ1) is 16.2. The molecule has 3 heteroatoms. The molecular formula is C24H24N2O. The number of nitrogens with zero attached hydrogens (tertiary/aromatic N) is 2. The van der Waals surface area contributed by atoms with Crippen LogP contribution in [0.15, 0.2) is 65.1 Å². The third kappa shape index (κ3) is 2.21. The standard InChI is InChI=1S/C24H24N2O/c1-15(2)25-17(4)26(21-11-7-6-10-20(21)25)23-16(3)13-14-19-18-9-5-8-12-22(18)27-24(19)23/h5-15,17H,1-4H3. The van der Waals surface area contributed by atoms with Crippen molar-refractivity contribution in [1.82, 2.24) is 0 Å². The molecule has 1 aliphatic rings. The zero-order chi connectivity index (χ0) is 18.7. The number of anilines is 3. The SMILES string of the molecule is Cc1ccc2c(oc3ccccc32)c1N1c2ccccc2N(C(C)C)C1C. The maximum absolute atomic E-state index is 6.38. The van der Waals surface area contributed by atoms with Gasteiger partial charge in [-0.05, 0) is 51.5 Å². The predicted molar refractivity (Wildman–Crippen MR) is 114 cm³/mol. The number of hydrogen-bond acceptors (Lipinski definition) is 3. The van der Waals surface area contributed by atoms with Gasteiger partial charge in [-0.1, -0.05) is 42.5 Å². The zero-order valence-corrected chi connectivity index (χ0v) is 16.2. The van der Waals surface area contributed by atoms with Crippen LogP contribution in [0.5, 0.6) is 0 Å². The first-order valence-corrected chi connectivity index (χ1v) is 9.65. The fourth-order valence-electron chi connectivity index (χ4n) is 4.60. The quantitative estimate of drug-likeness (QED) is 0.403. The minimum absolute atomic E-state index is 0.222. The van der Waals surface area contributed by atoms with Gasteiger partial charge in [0.1, 0.15) is 11.7 Å². The van der Waals surface area contributed by atoms with Gasteiger partial charge in [0.2, 0.25) is 0 Å². The van der Waals surface area contributed by atoms with Crippen LogP contribution in [0.4, 0.5) is 17.1 Å². The van der Waals surface area contributed by atoms with Gasteiger partial charge in [-0.25, -0.2) is 0 Å². The van der Waals surface area contributed by atoms with Gasteiger partial charge in [0, 0.05) is 16.8 Å². The molecule has 27 heavy (non-hydrogen) atoms. The first-order chi connectivity index (χ1) is 13.1. The second-order valence-electron chi connectivity index (χ2n) is 7.70. The number of para-hydroxylation sites is 3. The highest BCUT2D eigenvalue weighted by Gasteiger charge is 2.37. The van der Waals surface area contributed by atoms with Crippen LogP contribution in [-0.2, 0) is 0 Å². The van der Waals surface area contributed by atoms with E-state index in [9.17, 15) is 0 Å². The van der Waals surface area contributed by atoms with Crippen LogP contribution in [0.2, 0.25) is 0 Å². The van der Waals surface area contributed by atoms with Crippen LogP contribution in [-0.4, -0.2) is 12.2 Å². The molecular weight excluding hydrogens is 332 g/mol. The predicted octanol–water partition coefficient (Wildman–Crippen LogP) is 6.61. The van der Waals surface area contributed by atoms with Crippen LogP contribution in [0, 0.1) is 6.92 Å². The second kappa shape index (κ2) is 5.78. The molecule has 0 amide bonds. The molecule has 0 fully saturated rings. The van der Waals surface area contributed by atoms with Gasteiger partial charge in [-0.3, -0.25) is 0 Å². The van der Waals surface area contributed by atoms with E-state index in [1.54, 1.807) is 0 Å². The second-order valence-corrected chi connectivity index (χ2v) is 7.70. The Kier molecular flexibility index (Phi) is 3.48. The van der Waals surface area contributed by atoms with Crippen LogP contribution in [0.25, 0.3) is 21.9 Å². The van der Waals surface area contributed by atoms with E-state index in [-0.39, 0.29) is 6.17 Å². The maximum atomic E-state index is 6.38. The van der Waals surface area contributed by atoms with Crippen LogP contribution in [0.1, 0.15) is 26.3 Å². The monoisotopic (exact) mass is 356 g/mol. The Morgan fingerprint density at radius 2 is 1.56 bits per heavy atom. The molecule has 1 atom stereocenters. The van der Waals surface area contributed by atoms with E-state index in [1.807, 2.05) is 6.07 Å². The van der Waals surface area contributed by atoms with E-state index in [0.717, 1.165) is 11.2 Å². The van der Waals surface area contributed by atoms with E-state index in [4.69, 9.17) is 4.42 Å². The van der Waals surface area contributed by atoms with Crippen molar-refractivity contribution < 1.29 is 4.42 Å². The van der Waals surface area contributed by atoms with E-state index in [0.29, 0.717) is 6.04 Å². The Morgan fingerprint density at radius 3 is 2.33 bits per heavy atom. The molecule has 1 unspecified atom stereocenters.